The molecule has 2 aromatic heterocycles. The first-order chi connectivity index (χ1) is 10.1. The van der Waals surface area contributed by atoms with E-state index in [1.54, 1.807) is 15.6 Å². The van der Waals surface area contributed by atoms with Gasteiger partial charge in [0.2, 0.25) is 0 Å². The lowest BCUT2D eigenvalue weighted by Gasteiger charge is -2.20. The Morgan fingerprint density at radius 2 is 2.33 bits per heavy atom. The number of likely N-dealkylation sites (N-methyl/N-ethyl adjacent to an activating group) is 1. The van der Waals surface area contributed by atoms with Crippen molar-refractivity contribution in [1.82, 2.24) is 24.8 Å². The summed E-state index contributed by atoms with van der Waals surface area (Å²) in [5, 5.41) is 7.70. The van der Waals surface area contributed by atoms with Crippen molar-refractivity contribution in [1.29, 1.82) is 0 Å². The van der Waals surface area contributed by atoms with Crippen LogP contribution in [0.1, 0.15) is 34.6 Å². The third-order valence-corrected chi connectivity index (χ3v) is 4.01. The predicted molar refractivity (Wildman–Crippen MR) is 80.4 cm³/mol. The maximum Gasteiger partial charge on any atom is 0.259 e. The smallest absolute Gasteiger partial charge is 0.259 e. The molecule has 0 spiro atoms. The zero-order chi connectivity index (χ0) is 15.0. The molecule has 2 aromatic rings. The van der Waals surface area contributed by atoms with E-state index in [4.69, 9.17) is 0 Å². The van der Waals surface area contributed by atoms with Gasteiger partial charge in [-0.15, -0.1) is 0 Å². The van der Waals surface area contributed by atoms with Gasteiger partial charge in [0.1, 0.15) is 5.56 Å². The highest BCUT2D eigenvalue weighted by Gasteiger charge is 2.22. The fraction of sp³-hybridized carbons (Fsp3) is 0.533. The molecular formula is C15H21N5O. The van der Waals surface area contributed by atoms with E-state index in [0.717, 1.165) is 30.9 Å². The number of amides is 1. The van der Waals surface area contributed by atoms with Crippen LogP contribution in [0.25, 0.3) is 5.65 Å². The molecule has 6 nitrogen and oxygen atoms in total. The Hall–Kier alpha value is -1.95. The molecule has 0 aromatic carbocycles. The van der Waals surface area contributed by atoms with Crippen molar-refractivity contribution in [2.24, 2.45) is 0 Å². The third kappa shape index (κ3) is 2.63. The number of rotatable bonds is 3. The zero-order valence-electron chi connectivity index (χ0n) is 12.8. The molecule has 0 saturated carbocycles. The summed E-state index contributed by atoms with van der Waals surface area (Å²) in [6.45, 7) is 5.67. The van der Waals surface area contributed by atoms with Crippen molar-refractivity contribution in [2.45, 2.75) is 32.7 Å². The normalized spacial score (nSPS) is 18.3. The number of hydrogen-bond acceptors (Lipinski definition) is 4. The van der Waals surface area contributed by atoms with Crippen LogP contribution in [0.4, 0.5) is 0 Å². The van der Waals surface area contributed by atoms with Crippen LogP contribution in [0.5, 0.6) is 0 Å². The van der Waals surface area contributed by atoms with Crippen molar-refractivity contribution in [3.05, 3.63) is 29.2 Å². The molecule has 0 aliphatic carbocycles. The molecule has 112 valence electrons. The van der Waals surface area contributed by atoms with E-state index in [-0.39, 0.29) is 5.91 Å². The highest BCUT2D eigenvalue weighted by molar-refractivity contribution is 5.99. The second-order valence-electron chi connectivity index (χ2n) is 5.81. The standard InChI is InChI=1S/C15H21N5O/c1-10-7-11(2)20-14(18-10)13(8-17-20)15(21)19(3)9-12-5-4-6-16-12/h7-8,12,16H,4-6,9H2,1-3H3. The van der Waals surface area contributed by atoms with Crippen LogP contribution in [0, 0.1) is 13.8 Å². The first-order valence-electron chi connectivity index (χ1n) is 7.37. The minimum atomic E-state index is -0.0174. The summed E-state index contributed by atoms with van der Waals surface area (Å²) in [5.74, 6) is -0.0174. The quantitative estimate of drug-likeness (QED) is 0.920. The molecule has 1 fully saturated rings. The van der Waals surface area contributed by atoms with Gasteiger partial charge in [-0.3, -0.25) is 4.79 Å². The Balaban J connectivity index is 1.87. The lowest BCUT2D eigenvalue weighted by Crippen LogP contribution is -2.38. The number of fused-ring (bicyclic) bond motifs is 1. The summed E-state index contributed by atoms with van der Waals surface area (Å²) < 4.78 is 1.72. The fourth-order valence-electron chi connectivity index (χ4n) is 2.95. The van der Waals surface area contributed by atoms with Crippen molar-refractivity contribution in [3.8, 4) is 0 Å². The van der Waals surface area contributed by atoms with Crippen molar-refractivity contribution in [2.75, 3.05) is 20.1 Å². The summed E-state index contributed by atoms with van der Waals surface area (Å²) in [6, 6.07) is 2.36. The molecule has 1 amide bonds. The van der Waals surface area contributed by atoms with Crippen LogP contribution in [-0.4, -0.2) is 51.6 Å². The lowest BCUT2D eigenvalue weighted by atomic mass is 10.2. The lowest BCUT2D eigenvalue weighted by molar-refractivity contribution is 0.0785. The van der Waals surface area contributed by atoms with Gasteiger partial charge in [0.15, 0.2) is 5.65 Å². The molecule has 0 bridgehead atoms. The molecule has 1 atom stereocenters. The molecule has 1 aliphatic rings. The van der Waals surface area contributed by atoms with Gasteiger partial charge in [-0.2, -0.15) is 5.10 Å². The molecule has 1 aliphatic heterocycles. The van der Waals surface area contributed by atoms with Crippen LogP contribution in [-0.2, 0) is 0 Å². The molecular weight excluding hydrogens is 266 g/mol. The van der Waals surface area contributed by atoms with E-state index in [9.17, 15) is 4.79 Å². The van der Waals surface area contributed by atoms with E-state index >= 15 is 0 Å². The van der Waals surface area contributed by atoms with E-state index < -0.39 is 0 Å². The van der Waals surface area contributed by atoms with E-state index in [2.05, 4.69) is 15.4 Å². The number of carbonyl (C=O) groups is 1. The molecule has 1 saturated heterocycles. The van der Waals surface area contributed by atoms with Gasteiger partial charge in [-0.05, 0) is 39.3 Å². The highest BCUT2D eigenvalue weighted by Crippen LogP contribution is 2.15. The Morgan fingerprint density at radius 1 is 1.52 bits per heavy atom. The first-order valence-corrected chi connectivity index (χ1v) is 7.37. The van der Waals surface area contributed by atoms with Crippen molar-refractivity contribution in [3.63, 3.8) is 0 Å². The van der Waals surface area contributed by atoms with Crippen LogP contribution in [0.15, 0.2) is 12.3 Å². The Bertz CT molecular complexity index is 672. The maximum atomic E-state index is 12.6. The van der Waals surface area contributed by atoms with E-state index in [1.165, 1.54) is 6.42 Å². The van der Waals surface area contributed by atoms with Crippen LogP contribution in [0.3, 0.4) is 0 Å². The maximum absolute atomic E-state index is 12.6. The van der Waals surface area contributed by atoms with Gasteiger partial charge in [0.05, 0.1) is 6.20 Å². The summed E-state index contributed by atoms with van der Waals surface area (Å²) in [7, 11) is 1.84. The summed E-state index contributed by atoms with van der Waals surface area (Å²) >= 11 is 0. The molecule has 1 unspecified atom stereocenters. The van der Waals surface area contributed by atoms with Crippen LogP contribution >= 0.6 is 0 Å². The zero-order valence-corrected chi connectivity index (χ0v) is 12.8. The number of nitrogens with zero attached hydrogens (tertiary/aromatic N) is 4. The topological polar surface area (TPSA) is 62.5 Å². The Labute approximate surface area is 124 Å². The summed E-state index contributed by atoms with van der Waals surface area (Å²) in [6.07, 6.45) is 3.93. The van der Waals surface area contributed by atoms with Gasteiger partial charge < -0.3 is 10.2 Å². The Morgan fingerprint density at radius 3 is 3.05 bits per heavy atom. The SMILES string of the molecule is Cc1cc(C)n2ncc(C(=O)N(C)CC3CCCN3)c2n1. The molecule has 3 heterocycles. The minimum absolute atomic E-state index is 0.0174. The van der Waals surface area contributed by atoms with Gasteiger partial charge in [0, 0.05) is 31.0 Å². The van der Waals surface area contributed by atoms with E-state index in [1.807, 2.05) is 27.0 Å². The second kappa shape index (κ2) is 5.44. The predicted octanol–water partition coefficient (Wildman–Crippen LogP) is 1.17. The number of aromatic nitrogens is 3. The van der Waals surface area contributed by atoms with Crippen LogP contribution < -0.4 is 5.32 Å². The van der Waals surface area contributed by atoms with Gasteiger partial charge in [-0.25, -0.2) is 9.50 Å². The fourth-order valence-corrected chi connectivity index (χ4v) is 2.95. The van der Waals surface area contributed by atoms with E-state index in [0.29, 0.717) is 17.3 Å². The average Bonchev–Trinajstić information content (AvgIpc) is 3.07. The number of aryl methyl sites for hydroxylation is 2. The monoisotopic (exact) mass is 287 g/mol. The average molecular weight is 287 g/mol. The molecule has 6 heteroatoms. The molecule has 1 N–H and O–H groups in total. The molecule has 3 rings (SSSR count). The molecule has 21 heavy (non-hydrogen) atoms. The van der Waals surface area contributed by atoms with Gasteiger partial charge >= 0.3 is 0 Å². The number of nitrogens with one attached hydrogen (secondary N) is 1. The minimum Gasteiger partial charge on any atom is -0.340 e. The number of hydrogen-bond donors (Lipinski definition) is 1. The van der Waals surface area contributed by atoms with Crippen molar-refractivity contribution >= 4 is 11.6 Å². The second-order valence-corrected chi connectivity index (χ2v) is 5.81. The summed E-state index contributed by atoms with van der Waals surface area (Å²) in [5.41, 5.74) is 3.09. The summed E-state index contributed by atoms with van der Waals surface area (Å²) in [4.78, 5) is 18.9. The first kappa shape index (κ1) is 14.0. The largest absolute Gasteiger partial charge is 0.340 e. The van der Waals surface area contributed by atoms with Gasteiger partial charge in [-0.1, -0.05) is 0 Å². The third-order valence-electron chi connectivity index (χ3n) is 4.01. The molecule has 0 radical (unpaired) electrons. The number of carbonyl (C=O) groups excluding carboxylic acids is 1. The van der Waals surface area contributed by atoms with Crippen molar-refractivity contribution < 1.29 is 4.79 Å². The Kier molecular flexibility index (Phi) is 3.63. The van der Waals surface area contributed by atoms with Crippen LogP contribution in [0.2, 0.25) is 0 Å². The van der Waals surface area contributed by atoms with Gasteiger partial charge in [0.25, 0.3) is 5.91 Å². The highest BCUT2D eigenvalue weighted by atomic mass is 16.2.